The van der Waals surface area contributed by atoms with Crippen molar-refractivity contribution in [2.75, 3.05) is 0 Å². The summed E-state index contributed by atoms with van der Waals surface area (Å²) in [5.41, 5.74) is 0.446. The fraction of sp³-hybridized carbons (Fsp3) is 0.111. The number of benzene rings is 2. The van der Waals surface area contributed by atoms with Gasteiger partial charge in [-0.1, -0.05) is 39.7 Å². The van der Waals surface area contributed by atoms with Crippen LogP contribution in [0.15, 0.2) is 59.4 Å². The van der Waals surface area contributed by atoms with E-state index in [1.165, 1.54) is 16.3 Å². The van der Waals surface area contributed by atoms with E-state index < -0.39 is 11.3 Å². The quantitative estimate of drug-likeness (QED) is 0.562. The number of hydrogen-bond donors (Lipinski definition) is 1. The van der Waals surface area contributed by atoms with E-state index in [0.29, 0.717) is 16.3 Å². The van der Waals surface area contributed by atoms with Gasteiger partial charge in [0.15, 0.2) is 12.2 Å². The minimum absolute atomic E-state index is 0.0776. The van der Waals surface area contributed by atoms with Crippen LogP contribution in [0.25, 0.3) is 5.69 Å². The van der Waals surface area contributed by atoms with Crippen LogP contribution < -0.4 is 10.2 Å². The van der Waals surface area contributed by atoms with E-state index in [1.54, 1.807) is 48.5 Å². The number of ketones is 2. The molecule has 0 aliphatic rings. The molecule has 0 atom stereocenters. The summed E-state index contributed by atoms with van der Waals surface area (Å²) in [5, 5.41) is 3.34. The highest BCUT2D eigenvalue weighted by atomic mass is 35.5. The minimum Gasteiger partial charge on any atom is -0.290 e. The molecule has 0 spiro atoms. The van der Waals surface area contributed by atoms with Crippen LogP contribution in [0.2, 0.25) is 5.02 Å². The molecule has 0 radical (unpaired) electrons. The number of H-pyrrole nitrogens is 1. The van der Waals surface area contributed by atoms with E-state index in [2.05, 4.69) is 5.21 Å². The first-order chi connectivity index (χ1) is 12.0. The van der Waals surface area contributed by atoms with Crippen molar-refractivity contribution in [3.05, 3.63) is 81.2 Å². The summed E-state index contributed by atoms with van der Waals surface area (Å²) in [5.74, 6) is -0.662. The predicted molar refractivity (Wildman–Crippen MR) is 92.4 cm³/mol. The maximum atomic E-state index is 12.6. The van der Waals surface area contributed by atoms with Gasteiger partial charge in [-0.3, -0.25) is 9.59 Å². The number of nitrogens with one attached hydrogen (secondary N) is 1. The Balaban J connectivity index is 2.01. The molecule has 0 amide bonds. The Bertz CT molecular complexity index is 989. The number of hydrogen-bond acceptors (Lipinski definition) is 3. The Morgan fingerprint density at radius 3 is 2.32 bits per heavy atom. The first kappa shape index (κ1) is 16.9. The zero-order valence-corrected chi connectivity index (χ0v) is 14.2. The van der Waals surface area contributed by atoms with Crippen molar-refractivity contribution in [1.82, 2.24) is 9.90 Å². The Hall–Kier alpha value is -2.99. The van der Waals surface area contributed by atoms with Gasteiger partial charge >= 0.3 is 5.56 Å². The van der Waals surface area contributed by atoms with E-state index in [-0.39, 0.29) is 18.0 Å². The number of carbonyl (C=O) groups excluding carboxylic acids is 2. The van der Waals surface area contributed by atoms with Gasteiger partial charge in [0.05, 0.1) is 0 Å². The Morgan fingerprint density at radius 1 is 1.08 bits per heavy atom. The average molecular weight is 357 g/mol. The molecular formula is C18H15ClN3O3+. The van der Waals surface area contributed by atoms with Crippen LogP contribution in [0.1, 0.15) is 27.8 Å². The lowest BCUT2D eigenvalue weighted by Crippen LogP contribution is -2.46. The molecule has 1 N–H and O–H groups in total. The second kappa shape index (κ2) is 6.86. The van der Waals surface area contributed by atoms with Crippen LogP contribution in [0.4, 0.5) is 0 Å². The molecule has 0 aliphatic heterocycles. The third kappa shape index (κ3) is 3.44. The Kier molecular flexibility index (Phi) is 4.63. The molecule has 3 aromatic rings. The number of carbonyl (C=O) groups is 2. The normalized spacial score (nSPS) is 10.6. The second-order valence-corrected chi connectivity index (χ2v) is 5.93. The molecule has 0 saturated heterocycles. The van der Waals surface area contributed by atoms with Gasteiger partial charge in [-0.2, -0.15) is 0 Å². The van der Waals surface area contributed by atoms with Crippen LogP contribution in [-0.2, 0) is 6.54 Å². The number of nitrogens with zero attached hydrogens (tertiary/aromatic N) is 2. The van der Waals surface area contributed by atoms with Crippen LogP contribution in [-0.4, -0.2) is 21.5 Å². The summed E-state index contributed by atoms with van der Waals surface area (Å²) in [6.45, 7) is 1.13. The molecule has 126 valence electrons. The van der Waals surface area contributed by atoms with Crippen molar-refractivity contribution in [2.24, 2.45) is 0 Å². The number of halogens is 1. The van der Waals surface area contributed by atoms with Gasteiger partial charge in [0.2, 0.25) is 11.6 Å². The van der Waals surface area contributed by atoms with Gasteiger partial charge in [0.1, 0.15) is 0 Å². The van der Waals surface area contributed by atoms with E-state index in [4.69, 9.17) is 11.6 Å². The maximum absolute atomic E-state index is 12.6. The van der Waals surface area contributed by atoms with Crippen molar-refractivity contribution >= 4 is 23.2 Å². The Labute approximate surface area is 148 Å². The molecule has 7 heteroatoms. The first-order valence-corrected chi connectivity index (χ1v) is 7.95. The summed E-state index contributed by atoms with van der Waals surface area (Å²) >= 11 is 5.82. The van der Waals surface area contributed by atoms with Gasteiger partial charge in [-0.05, 0) is 36.4 Å². The van der Waals surface area contributed by atoms with Gasteiger partial charge in [-0.15, -0.1) is 4.68 Å². The average Bonchev–Trinajstić information content (AvgIpc) is 2.92. The van der Waals surface area contributed by atoms with Crippen molar-refractivity contribution < 1.29 is 14.3 Å². The van der Waals surface area contributed by atoms with Crippen molar-refractivity contribution in [2.45, 2.75) is 13.5 Å². The number of rotatable bonds is 5. The summed E-state index contributed by atoms with van der Waals surface area (Å²) < 4.78 is 2.51. The van der Waals surface area contributed by atoms with Crippen LogP contribution in [0.3, 0.4) is 0 Å². The number of aromatic nitrogens is 3. The first-order valence-electron chi connectivity index (χ1n) is 7.57. The molecule has 0 saturated carbocycles. The summed E-state index contributed by atoms with van der Waals surface area (Å²) in [4.78, 5) is 36.9. The highest BCUT2D eigenvalue weighted by molar-refractivity contribution is 6.30. The van der Waals surface area contributed by atoms with Crippen molar-refractivity contribution in [3.63, 3.8) is 0 Å². The summed E-state index contributed by atoms with van der Waals surface area (Å²) in [6.07, 6.45) is 0. The third-order valence-electron chi connectivity index (χ3n) is 3.71. The SMILES string of the molecule is CC(=O)c1c(=O)n(-c2ccccc2)[nH][n+]1CC(=O)c1ccc(Cl)cc1. The fourth-order valence-corrected chi connectivity index (χ4v) is 2.64. The van der Waals surface area contributed by atoms with Gasteiger partial charge in [0, 0.05) is 17.5 Å². The van der Waals surface area contributed by atoms with Crippen LogP contribution in [0, 0.1) is 0 Å². The molecule has 1 heterocycles. The molecule has 0 fully saturated rings. The van der Waals surface area contributed by atoms with Crippen LogP contribution >= 0.6 is 11.6 Å². The number of aromatic amines is 1. The standard InChI is InChI=1S/C18H14ClN3O3/c1-12(23)17-18(25)22(15-5-3-2-4-6-15)20-21(17)11-16(24)13-7-9-14(19)10-8-13/h2-10H,11H2,1H3/p+1. The molecule has 1 aromatic heterocycles. The van der Waals surface area contributed by atoms with Gasteiger partial charge in [-0.25, -0.2) is 4.79 Å². The molecule has 6 nitrogen and oxygen atoms in total. The highest BCUT2D eigenvalue weighted by Crippen LogP contribution is 2.10. The van der Waals surface area contributed by atoms with Crippen LogP contribution in [0.5, 0.6) is 0 Å². The van der Waals surface area contributed by atoms with E-state index in [1.807, 2.05) is 6.07 Å². The molecule has 0 unspecified atom stereocenters. The number of Topliss-reactive ketones (excluding diaryl/α,β-unsaturated/α-hetero) is 2. The van der Waals surface area contributed by atoms with Gasteiger partial charge < -0.3 is 0 Å². The molecule has 2 aromatic carbocycles. The third-order valence-corrected chi connectivity index (χ3v) is 3.96. The summed E-state index contributed by atoms with van der Waals surface area (Å²) in [6, 6.07) is 15.3. The highest BCUT2D eigenvalue weighted by Gasteiger charge is 2.28. The largest absolute Gasteiger partial charge is 0.409 e. The van der Waals surface area contributed by atoms with E-state index >= 15 is 0 Å². The summed E-state index contributed by atoms with van der Waals surface area (Å²) in [7, 11) is 0. The lowest BCUT2D eigenvalue weighted by Gasteiger charge is -2.00. The molecular weight excluding hydrogens is 342 g/mol. The van der Waals surface area contributed by atoms with Crippen molar-refractivity contribution in [1.29, 1.82) is 0 Å². The molecule has 3 rings (SSSR count). The minimum atomic E-state index is -0.498. The lowest BCUT2D eigenvalue weighted by molar-refractivity contribution is -0.743. The molecule has 25 heavy (non-hydrogen) atoms. The molecule has 0 aliphatic carbocycles. The lowest BCUT2D eigenvalue weighted by atomic mass is 10.1. The maximum Gasteiger partial charge on any atom is 0.409 e. The second-order valence-electron chi connectivity index (χ2n) is 5.50. The molecule has 0 bridgehead atoms. The predicted octanol–water partition coefficient (Wildman–Crippen LogP) is 2.19. The van der Waals surface area contributed by atoms with E-state index in [0.717, 1.165) is 0 Å². The number of para-hydroxylation sites is 1. The zero-order chi connectivity index (χ0) is 18.0. The Morgan fingerprint density at radius 2 is 1.72 bits per heavy atom. The smallest absolute Gasteiger partial charge is 0.290 e. The zero-order valence-electron chi connectivity index (χ0n) is 13.4. The topological polar surface area (TPSA) is 75.8 Å². The van der Waals surface area contributed by atoms with Crippen molar-refractivity contribution in [3.8, 4) is 5.69 Å². The van der Waals surface area contributed by atoms with Gasteiger partial charge in [0.25, 0.3) is 5.69 Å². The fourth-order valence-electron chi connectivity index (χ4n) is 2.52. The van der Waals surface area contributed by atoms with E-state index in [9.17, 15) is 14.4 Å². The monoisotopic (exact) mass is 356 g/mol.